The summed E-state index contributed by atoms with van der Waals surface area (Å²) in [6.45, 7) is 1.91. The lowest BCUT2D eigenvalue weighted by molar-refractivity contribution is 0.648. The summed E-state index contributed by atoms with van der Waals surface area (Å²) in [4.78, 5) is 11.4. The molecule has 0 radical (unpaired) electrons. The Morgan fingerprint density at radius 1 is 1.47 bits per heavy atom. The summed E-state index contributed by atoms with van der Waals surface area (Å²) >= 11 is 11.6. The summed E-state index contributed by atoms with van der Waals surface area (Å²) in [5, 5.41) is 3.15. The standard InChI is InChI=1S/C10H14Cl2N2O/c1-10(6-11,7-12)13-8-3-4-14(2)9(15)5-8/h3-5,13H,6-7H2,1-2H3. The van der Waals surface area contributed by atoms with Gasteiger partial charge < -0.3 is 9.88 Å². The molecule has 0 aliphatic rings. The van der Waals surface area contributed by atoms with Crippen LogP contribution >= 0.6 is 23.2 Å². The highest BCUT2D eigenvalue weighted by Gasteiger charge is 2.21. The second-order valence-corrected chi connectivity index (χ2v) is 4.35. The molecule has 1 N–H and O–H groups in total. The van der Waals surface area contributed by atoms with E-state index in [9.17, 15) is 4.79 Å². The van der Waals surface area contributed by atoms with Crippen LogP contribution in [-0.2, 0) is 7.05 Å². The smallest absolute Gasteiger partial charge is 0.252 e. The Morgan fingerprint density at radius 3 is 2.53 bits per heavy atom. The monoisotopic (exact) mass is 248 g/mol. The Hall–Kier alpha value is -0.670. The summed E-state index contributed by atoms with van der Waals surface area (Å²) in [6, 6.07) is 3.34. The number of hydrogen-bond donors (Lipinski definition) is 1. The van der Waals surface area contributed by atoms with Crippen molar-refractivity contribution in [1.29, 1.82) is 0 Å². The fraction of sp³-hybridized carbons (Fsp3) is 0.500. The van der Waals surface area contributed by atoms with Gasteiger partial charge in [0.15, 0.2) is 0 Å². The molecule has 0 spiro atoms. The third kappa shape index (κ3) is 3.14. The molecule has 0 aliphatic carbocycles. The van der Waals surface area contributed by atoms with Crippen LogP contribution in [0.4, 0.5) is 5.69 Å². The lowest BCUT2D eigenvalue weighted by atomic mass is 10.1. The third-order valence-electron chi connectivity index (χ3n) is 2.14. The van der Waals surface area contributed by atoms with Gasteiger partial charge in [-0.15, -0.1) is 23.2 Å². The Bertz CT molecular complexity index is 385. The first kappa shape index (κ1) is 12.4. The van der Waals surface area contributed by atoms with Crippen LogP contribution in [0.25, 0.3) is 0 Å². The number of rotatable bonds is 4. The number of nitrogens with one attached hydrogen (secondary N) is 1. The van der Waals surface area contributed by atoms with E-state index in [2.05, 4.69) is 5.32 Å². The molecule has 1 aromatic rings. The lowest BCUT2D eigenvalue weighted by Gasteiger charge is -2.27. The highest BCUT2D eigenvalue weighted by molar-refractivity contribution is 6.22. The van der Waals surface area contributed by atoms with E-state index in [1.54, 1.807) is 13.2 Å². The van der Waals surface area contributed by atoms with E-state index in [1.807, 2.05) is 13.0 Å². The molecular formula is C10H14Cl2N2O. The maximum Gasteiger partial charge on any atom is 0.252 e. The molecule has 84 valence electrons. The Kier molecular flexibility index (Phi) is 4.05. The molecule has 1 heterocycles. The molecule has 0 aliphatic heterocycles. The van der Waals surface area contributed by atoms with Crippen LogP contribution in [0, 0.1) is 0 Å². The minimum absolute atomic E-state index is 0.0634. The largest absolute Gasteiger partial charge is 0.377 e. The quantitative estimate of drug-likeness (QED) is 0.828. The van der Waals surface area contributed by atoms with Crippen molar-refractivity contribution in [3.8, 4) is 0 Å². The second-order valence-electron chi connectivity index (χ2n) is 3.82. The highest BCUT2D eigenvalue weighted by Crippen LogP contribution is 2.16. The van der Waals surface area contributed by atoms with Crippen molar-refractivity contribution in [1.82, 2.24) is 4.57 Å². The number of pyridine rings is 1. The first-order chi connectivity index (χ1) is 7.00. The van der Waals surface area contributed by atoms with Gasteiger partial charge >= 0.3 is 0 Å². The van der Waals surface area contributed by atoms with Crippen molar-refractivity contribution < 1.29 is 0 Å². The van der Waals surface area contributed by atoms with E-state index in [1.165, 1.54) is 10.6 Å². The van der Waals surface area contributed by atoms with Gasteiger partial charge in [0, 0.05) is 36.8 Å². The molecule has 1 aromatic heterocycles. The zero-order valence-corrected chi connectivity index (χ0v) is 10.3. The molecule has 0 saturated heterocycles. The summed E-state index contributed by atoms with van der Waals surface area (Å²) in [5.41, 5.74) is 0.281. The molecule has 0 atom stereocenters. The van der Waals surface area contributed by atoms with Gasteiger partial charge in [-0.2, -0.15) is 0 Å². The number of alkyl halides is 2. The van der Waals surface area contributed by atoms with Gasteiger partial charge in [0.2, 0.25) is 0 Å². The first-order valence-electron chi connectivity index (χ1n) is 4.57. The first-order valence-corrected chi connectivity index (χ1v) is 5.64. The molecule has 15 heavy (non-hydrogen) atoms. The van der Waals surface area contributed by atoms with Crippen LogP contribution in [0.2, 0.25) is 0 Å². The Balaban J connectivity index is 2.90. The number of aromatic nitrogens is 1. The average Bonchev–Trinajstić information content (AvgIpc) is 2.23. The fourth-order valence-electron chi connectivity index (χ4n) is 1.08. The maximum absolute atomic E-state index is 11.4. The topological polar surface area (TPSA) is 34.0 Å². The van der Waals surface area contributed by atoms with Gasteiger partial charge in [-0.25, -0.2) is 0 Å². The molecule has 1 rings (SSSR count). The van der Waals surface area contributed by atoms with Crippen LogP contribution in [0.1, 0.15) is 6.92 Å². The van der Waals surface area contributed by atoms with Crippen LogP contribution in [0.3, 0.4) is 0 Å². The third-order valence-corrected chi connectivity index (χ3v) is 3.32. The van der Waals surface area contributed by atoms with E-state index in [0.29, 0.717) is 11.8 Å². The van der Waals surface area contributed by atoms with Gasteiger partial charge in [0.1, 0.15) is 0 Å². The predicted molar refractivity (Wildman–Crippen MR) is 65.2 cm³/mol. The van der Waals surface area contributed by atoms with Crippen molar-refractivity contribution in [2.45, 2.75) is 12.5 Å². The summed E-state index contributed by atoms with van der Waals surface area (Å²) in [7, 11) is 1.70. The lowest BCUT2D eigenvalue weighted by Crippen LogP contribution is -2.39. The van der Waals surface area contributed by atoms with E-state index in [0.717, 1.165) is 5.69 Å². The van der Waals surface area contributed by atoms with E-state index in [-0.39, 0.29) is 5.56 Å². The zero-order valence-electron chi connectivity index (χ0n) is 8.76. The SMILES string of the molecule is Cn1ccc(NC(C)(CCl)CCl)cc1=O. The van der Waals surface area contributed by atoms with E-state index < -0.39 is 5.54 Å². The van der Waals surface area contributed by atoms with E-state index >= 15 is 0 Å². The summed E-state index contributed by atoms with van der Waals surface area (Å²) < 4.78 is 1.50. The molecular weight excluding hydrogens is 235 g/mol. The van der Waals surface area contributed by atoms with Crippen molar-refractivity contribution in [3.05, 3.63) is 28.7 Å². The van der Waals surface area contributed by atoms with Crippen LogP contribution in [0.5, 0.6) is 0 Å². The number of nitrogens with zero attached hydrogens (tertiary/aromatic N) is 1. The van der Waals surface area contributed by atoms with Crippen LogP contribution in [-0.4, -0.2) is 21.9 Å². The van der Waals surface area contributed by atoms with Gasteiger partial charge in [-0.05, 0) is 13.0 Å². The predicted octanol–water partition coefficient (Wildman–Crippen LogP) is 2.03. The molecule has 0 amide bonds. The van der Waals surface area contributed by atoms with Crippen LogP contribution < -0.4 is 10.9 Å². The van der Waals surface area contributed by atoms with Gasteiger partial charge in [-0.3, -0.25) is 4.79 Å². The van der Waals surface area contributed by atoms with Crippen molar-refractivity contribution in [2.24, 2.45) is 7.05 Å². The molecule has 0 bridgehead atoms. The molecule has 0 unspecified atom stereocenters. The minimum atomic E-state index is -0.393. The van der Waals surface area contributed by atoms with E-state index in [4.69, 9.17) is 23.2 Å². The second kappa shape index (κ2) is 4.90. The van der Waals surface area contributed by atoms with Gasteiger partial charge in [-0.1, -0.05) is 0 Å². The zero-order chi connectivity index (χ0) is 11.5. The highest BCUT2D eigenvalue weighted by atomic mass is 35.5. The summed E-state index contributed by atoms with van der Waals surface area (Å²) in [5.74, 6) is 0.761. The van der Waals surface area contributed by atoms with Gasteiger partial charge in [0.25, 0.3) is 5.56 Å². The maximum atomic E-state index is 11.4. The average molecular weight is 249 g/mol. The van der Waals surface area contributed by atoms with Crippen LogP contribution in [0.15, 0.2) is 23.1 Å². The van der Waals surface area contributed by atoms with Crippen molar-refractivity contribution in [2.75, 3.05) is 17.1 Å². The van der Waals surface area contributed by atoms with Crippen molar-refractivity contribution in [3.63, 3.8) is 0 Å². The number of aryl methyl sites for hydroxylation is 1. The Morgan fingerprint density at radius 2 is 2.07 bits per heavy atom. The van der Waals surface area contributed by atoms with Crippen molar-refractivity contribution >= 4 is 28.9 Å². The summed E-state index contributed by atoms with van der Waals surface area (Å²) in [6.07, 6.45) is 1.70. The molecule has 0 saturated carbocycles. The molecule has 0 aromatic carbocycles. The van der Waals surface area contributed by atoms with Gasteiger partial charge in [0.05, 0.1) is 5.54 Å². The fourth-order valence-corrected chi connectivity index (χ4v) is 1.50. The minimum Gasteiger partial charge on any atom is -0.377 e. The molecule has 5 heteroatoms. The normalized spacial score (nSPS) is 11.5. The number of halogens is 2. The Labute approximate surface area is 99.0 Å². The molecule has 0 fully saturated rings. The number of anilines is 1. The molecule has 3 nitrogen and oxygen atoms in total. The number of hydrogen-bond acceptors (Lipinski definition) is 2.